The summed E-state index contributed by atoms with van der Waals surface area (Å²) in [4.78, 5) is 22.0. The van der Waals surface area contributed by atoms with Crippen LogP contribution in [0.15, 0.2) is 60.1 Å². The number of carbonyl (C=O) groups excluding carboxylic acids is 1. The van der Waals surface area contributed by atoms with Gasteiger partial charge in [0.05, 0.1) is 5.70 Å². The molecule has 2 aromatic rings. The summed E-state index contributed by atoms with van der Waals surface area (Å²) < 4.78 is 20.1. The summed E-state index contributed by atoms with van der Waals surface area (Å²) in [5.74, 6) is -0.264. The third-order valence-electron chi connectivity index (χ3n) is 6.38. The van der Waals surface area contributed by atoms with E-state index in [9.17, 15) is 9.18 Å². The van der Waals surface area contributed by atoms with E-state index >= 15 is 0 Å². The maximum atomic E-state index is 14.4. The predicted octanol–water partition coefficient (Wildman–Crippen LogP) is 4.59. The van der Waals surface area contributed by atoms with Crippen molar-refractivity contribution in [1.29, 1.82) is 0 Å². The fraction of sp³-hybridized carbons (Fsp3) is 0.385. The molecule has 0 aliphatic carbocycles. The predicted molar refractivity (Wildman–Crippen MR) is 142 cm³/mol. The van der Waals surface area contributed by atoms with Crippen molar-refractivity contribution in [3.05, 3.63) is 66.5 Å². The lowest BCUT2D eigenvalue weighted by molar-refractivity contribution is -0.136. The minimum Gasteiger partial charge on any atom is -0.477 e. The van der Waals surface area contributed by atoms with Crippen molar-refractivity contribution in [3.8, 4) is 5.75 Å². The quantitative estimate of drug-likeness (QED) is 0.331. The normalized spacial score (nSPS) is 19.9. The molecule has 2 heterocycles. The average Bonchev–Trinajstić information content (AvgIpc) is 3.24. The van der Waals surface area contributed by atoms with E-state index in [4.69, 9.17) is 9.73 Å². The van der Waals surface area contributed by atoms with E-state index in [-0.39, 0.29) is 17.7 Å². The van der Waals surface area contributed by atoms with Crippen LogP contribution in [0.1, 0.15) is 24.8 Å². The molecule has 2 aromatic carbocycles. The van der Waals surface area contributed by atoms with Gasteiger partial charge in [0.2, 0.25) is 0 Å². The molecule has 2 unspecified atom stereocenters. The number of ether oxygens (including phenoxy) is 1. The summed E-state index contributed by atoms with van der Waals surface area (Å²) in [7, 11) is 0.522. The van der Waals surface area contributed by atoms with Gasteiger partial charge in [0.25, 0.3) is 5.91 Å². The summed E-state index contributed by atoms with van der Waals surface area (Å²) in [6.45, 7) is 8.45. The number of aliphatic imine (C=N–C) groups is 1. The molecule has 0 saturated carbocycles. The Morgan fingerprint density at radius 1 is 1.15 bits per heavy atom. The third kappa shape index (κ3) is 5.64. The van der Waals surface area contributed by atoms with E-state index < -0.39 is 11.9 Å². The Kier molecular flexibility index (Phi) is 8.28. The van der Waals surface area contributed by atoms with Crippen LogP contribution in [0.4, 0.5) is 4.39 Å². The highest BCUT2D eigenvalue weighted by Gasteiger charge is 2.39. The first-order valence-electron chi connectivity index (χ1n) is 11.6. The Morgan fingerprint density at radius 2 is 1.88 bits per heavy atom. The Morgan fingerprint density at radius 3 is 2.53 bits per heavy atom. The molecule has 4 rings (SSSR count). The Balaban J connectivity index is 1.33. The third-order valence-corrected chi connectivity index (χ3v) is 7.98. The molecule has 0 N–H and O–H groups in total. The summed E-state index contributed by atoms with van der Waals surface area (Å²) in [6, 6.07) is 15.1. The molecule has 2 fully saturated rings. The second-order valence-electron chi connectivity index (χ2n) is 8.45. The van der Waals surface area contributed by atoms with Gasteiger partial charge in [0, 0.05) is 32.1 Å². The number of thioether (sulfide) groups is 1. The van der Waals surface area contributed by atoms with E-state index in [2.05, 4.69) is 11.5 Å². The first kappa shape index (κ1) is 24.7. The summed E-state index contributed by atoms with van der Waals surface area (Å²) in [5.41, 5.74) is 1.76. The number of benzene rings is 2. The van der Waals surface area contributed by atoms with Crippen molar-refractivity contribution in [3.63, 3.8) is 0 Å². The number of carbonyl (C=O) groups is 1. The number of halogens is 1. The number of likely N-dealkylation sites (tertiary alicyclic amines) is 2. The van der Waals surface area contributed by atoms with E-state index in [1.807, 2.05) is 54.2 Å². The van der Waals surface area contributed by atoms with Gasteiger partial charge in [-0.2, -0.15) is 0 Å². The monoisotopic (exact) mass is 499 g/mol. The van der Waals surface area contributed by atoms with Crippen LogP contribution in [0.3, 0.4) is 0 Å². The maximum absolute atomic E-state index is 14.4. The highest BCUT2D eigenvalue weighted by Crippen LogP contribution is 2.28. The molecule has 5 nitrogen and oxygen atoms in total. The van der Waals surface area contributed by atoms with Crippen LogP contribution in [-0.2, 0) is 4.79 Å². The van der Waals surface area contributed by atoms with Gasteiger partial charge >= 0.3 is 0 Å². The molecule has 2 aliphatic heterocycles. The molecule has 2 atom stereocenters. The molecule has 34 heavy (non-hydrogen) atoms. The molecule has 2 saturated heterocycles. The highest BCUT2D eigenvalue weighted by molar-refractivity contribution is 8.13. The number of amides is 1. The van der Waals surface area contributed by atoms with E-state index in [0.29, 0.717) is 21.5 Å². The summed E-state index contributed by atoms with van der Waals surface area (Å²) >= 11 is 1.62. The molecular weight excluding hydrogens is 468 g/mol. The number of piperidine rings is 1. The topological polar surface area (TPSA) is 45.1 Å². The molecule has 0 aromatic heterocycles. The first-order valence-corrected chi connectivity index (χ1v) is 14.3. The zero-order chi connectivity index (χ0) is 24.1. The van der Waals surface area contributed by atoms with Gasteiger partial charge in [-0.1, -0.05) is 63.3 Å². The Hall–Kier alpha value is -2.37. The number of amidine groups is 1. The molecule has 2 aliphatic rings. The van der Waals surface area contributed by atoms with Gasteiger partial charge in [-0.3, -0.25) is 4.79 Å². The SMILES string of the molecule is C=C(N=C(SC)N1CCC(N2CCC(Oc3ccc(PC)cc3F)C2=O)CC1)c1ccccc1. The van der Waals surface area contributed by atoms with Gasteiger partial charge in [0.1, 0.15) is 0 Å². The van der Waals surface area contributed by atoms with Gasteiger partial charge in [-0.15, -0.1) is 0 Å². The van der Waals surface area contributed by atoms with Gasteiger partial charge < -0.3 is 14.5 Å². The molecule has 1 amide bonds. The summed E-state index contributed by atoms with van der Waals surface area (Å²) in [6.07, 6.45) is 3.75. The standard InChI is InChI=1S/C26H31FN3O2PS/c1-18(19-7-5-4-6-8-19)28-26(34-3)29-14-11-20(12-15-29)30-16-13-24(25(30)31)32-23-10-9-21(33-2)17-22(23)27/h4-10,17,20,24,33H,1,11-16H2,2-3H3. The van der Waals surface area contributed by atoms with Crippen molar-refractivity contribution in [2.24, 2.45) is 4.99 Å². The zero-order valence-corrected chi connectivity index (χ0v) is 21.5. The molecule has 0 bridgehead atoms. The van der Waals surface area contributed by atoms with Crippen LogP contribution >= 0.6 is 20.3 Å². The number of rotatable bonds is 6. The lowest BCUT2D eigenvalue weighted by atomic mass is 10.0. The highest BCUT2D eigenvalue weighted by atomic mass is 32.2. The van der Waals surface area contributed by atoms with Crippen LogP contribution in [-0.4, -0.2) is 65.6 Å². The van der Waals surface area contributed by atoms with Crippen molar-refractivity contribution < 1.29 is 13.9 Å². The number of nitrogens with zero attached hydrogens (tertiary/aromatic N) is 3. The van der Waals surface area contributed by atoms with Crippen LogP contribution in [0.5, 0.6) is 5.75 Å². The molecule has 180 valence electrons. The largest absolute Gasteiger partial charge is 0.477 e. The Bertz CT molecular complexity index is 1060. The molecular formula is C26H31FN3O2PS. The van der Waals surface area contributed by atoms with Crippen molar-refractivity contribution in [1.82, 2.24) is 9.80 Å². The molecule has 0 radical (unpaired) electrons. The minimum atomic E-state index is -0.611. The number of hydrogen-bond acceptors (Lipinski definition) is 4. The fourth-order valence-corrected chi connectivity index (χ4v) is 5.64. The lowest BCUT2D eigenvalue weighted by Gasteiger charge is -2.37. The van der Waals surface area contributed by atoms with Crippen molar-refractivity contribution in [2.45, 2.75) is 31.4 Å². The van der Waals surface area contributed by atoms with Crippen molar-refractivity contribution >= 4 is 42.4 Å². The first-order chi connectivity index (χ1) is 16.5. The van der Waals surface area contributed by atoms with Crippen LogP contribution in [0.2, 0.25) is 0 Å². The Labute approximate surface area is 207 Å². The van der Waals surface area contributed by atoms with E-state index in [1.54, 1.807) is 17.8 Å². The molecule has 0 spiro atoms. The lowest BCUT2D eigenvalue weighted by Crippen LogP contribution is -2.47. The van der Waals surface area contributed by atoms with Crippen molar-refractivity contribution in [2.75, 3.05) is 32.6 Å². The van der Waals surface area contributed by atoms with Crippen LogP contribution < -0.4 is 10.0 Å². The van der Waals surface area contributed by atoms with Crippen LogP contribution in [0.25, 0.3) is 5.70 Å². The second-order valence-corrected chi connectivity index (χ2v) is 10.3. The van der Waals surface area contributed by atoms with E-state index in [1.165, 1.54) is 6.07 Å². The van der Waals surface area contributed by atoms with Gasteiger partial charge in [-0.25, -0.2) is 9.38 Å². The summed E-state index contributed by atoms with van der Waals surface area (Å²) in [5, 5.41) is 1.89. The molecule has 8 heteroatoms. The second kappa shape index (κ2) is 11.4. The zero-order valence-electron chi connectivity index (χ0n) is 19.7. The van der Waals surface area contributed by atoms with Gasteiger partial charge in [-0.05, 0) is 48.8 Å². The average molecular weight is 500 g/mol. The van der Waals surface area contributed by atoms with Crippen LogP contribution in [0, 0.1) is 5.82 Å². The van der Waals surface area contributed by atoms with E-state index in [0.717, 1.165) is 47.7 Å². The van der Waals surface area contributed by atoms with Gasteiger partial charge in [0.15, 0.2) is 22.8 Å². The smallest absolute Gasteiger partial charge is 0.263 e. The minimum absolute atomic E-state index is 0.0319. The maximum Gasteiger partial charge on any atom is 0.263 e. The fourth-order valence-electron chi connectivity index (χ4n) is 4.48. The number of hydrogen-bond donors (Lipinski definition) is 0.